The Bertz CT molecular complexity index is 1270. The Kier molecular flexibility index (Phi) is 7.57. The number of carbonyl (C=O) groups excluding carboxylic acids is 1. The second kappa shape index (κ2) is 11.2. The zero-order chi connectivity index (χ0) is 23.8. The van der Waals surface area contributed by atoms with E-state index >= 15 is 0 Å². The molecule has 0 aliphatic carbocycles. The van der Waals surface area contributed by atoms with E-state index in [0.29, 0.717) is 35.4 Å². The molecule has 34 heavy (non-hydrogen) atoms. The van der Waals surface area contributed by atoms with Gasteiger partial charge in [-0.25, -0.2) is 5.43 Å². The molecule has 1 aromatic heterocycles. The maximum atomic E-state index is 12.4. The van der Waals surface area contributed by atoms with Crippen LogP contribution in [0.15, 0.2) is 84.0 Å². The quantitative estimate of drug-likeness (QED) is 0.248. The van der Waals surface area contributed by atoms with Gasteiger partial charge in [-0.05, 0) is 67.1 Å². The Morgan fingerprint density at radius 1 is 1.06 bits per heavy atom. The van der Waals surface area contributed by atoms with Crippen LogP contribution >= 0.6 is 11.6 Å². The van der Waals surface area contributed by atoms with Crippen LogP contribution in [0.1, 0.15) is 28.5 Å². The fourth-order valence-corrected chi connectivity index (χ4v) is 3.28. The summed E-state index contributed by atoms with van der Waals surface area (Å²) in [5.41, 5.74) is 6.09. The number of rotatable bonds is 9. The summed E-state index contributed by atoms with van der Waals surface area (Å²) in [7, 11) is 0. The number of carbonyl (C=O) groups is 1. The van der Waals surface area contributed by atoms with Crippen molar-refractivity contribution >= 4 is 23.7 Å². The molecule has 0 aliphatic rings. The van der Waals surface area contributed by atoms with Crippen LogP contribution in [0.25, 0.3) is 11.3 Å². The average molecular weight is 475 g/mol. The molecular weight excluding hydrogens is 452 g/mol. The third-order valence-electron chi connectivity index (χ3n) is 4.88. The van der Waals surface area contributed by atoms with Gasteiger partial charge in [-0.3, -0.25) is 9.89 Å². The van der Waals surface area contributed by atoms with Crippen molar-refractivity contribution in [2.24, 2.45) is 5.10 Å². The Labute approximate surface area is 202 Å². The van der Waals surface area contributed by atoms with E-state index in [9.17, 15) is 4.79 Å². The lowest BCUT2D eigenvalue weighted by Gasteiger charge is -2.07. The van der Waals surface area contributed by atoms with Crippen molar-refractivity contribution in [3.05, 3.63) is 101 Å². The van der Waals surface area contributed by atoms with Gasteiger partial charge < -0.3 is 9.47 Å². The highest BCUT2D eigenvalue weighted by Crippen LogP contribution is 2.22. The first kappa shape index (κ1) is 23.1. The van der Waals surface area contributed by atoms with Gasteiger partial charge in [0.2, 0.25) is 0 Å². The summed E-state index contributed by atoms with van der Waals surface area (Å²) in [6, 6.07) is 24.1. The zero-order valence-electron chi connectivity index (χ0n) is 18.5. The predicted octanol–water partition coefficient (Wildman–Crippen LogP) is 5.47. The highest BCUT2D eigenvalue weighted by atomic mass is 35.5. The lowest BCUT2D eigenvalue weighted by atomic mass is 10.1. The van der Waals surface area contributed by atoms with Crippen molar-refractivity contribution in [3.63, 3.8) is 0 Å². The summed E-state index contributed by atoms with van der Waals surface area (Å²) in [6.45, 7) is 2.90. The SMILES string of the molecule is CCOc1ccccc1C=NNC(=O)c1cc(-c2ccc(OCc3ccc(Cl)cc3)cc2)n[nH]1. The smallest absolute Gasteiger partial charge is 0.289 e. The Balaban J connectivity index is 1.34. The number of nitrogens with zero attached hydrogens (tertiary/aromatic N) is 2. The molecule has 4 rings (SSSR count). The minimum atomic E-state index is -0.396. The molecule has 1 amide bonds. The summed E-state index contributed by atoms with van der Waals surface area (Å²) in [6.07, 6.45) is 1.54. The largest absolute Gasteiger partial charge is 0.493 e. The molecule has 3 aromatic carbocycles. The highest BCUT2D eigenvalue weighted by Gasteiger charge is 2.11. The number of aromatic amines is 1. The van der Waals surface area contributed by atoms with Crippen molar-refractivity contribution in [1.29, 1.82) is 0 Å². The van der Waals surface area contributed by atoms with Crippen LogP contribution in [0.4, 0.5) is 0 Å². The van der Waals surface area contributed by atoms with Gasteiger partial charge in [0.1, 0.15) is 23.8 Å². The standard InChI is InChI=1S/C26H23ClN4O3/c1-2-33-25-6-4-3-5-20(25)16-28-31-26(32)24-15-23(29-30-24)19-9-13-22(14-10-19)34-17-18-7-11-21(27)12-8-18/h3-16H,2,17H2,1H3,(H,29,30)(H,31,32). The molecule has 0 saturated carbocycles. The molecule has 0 bridgehead atoms. The van der Waals surface area contributed by atoms with Crippen LogP contribution in [-0.2, 0) is 6.61 Å². The normalized spacial score (nSPS) is 10.9. The van der Waals surface area contributed by atoms with Crippen molar-refractivity contribution in [2.75, 3.05) is 6.61 Å². The number of nitrogens with one attached hydrogen (secondary N) is 2. The number of para-hydroxylation sites is 1. The first-order valence-electron chi connectivity index (χ1n) is 10.7. The summed E-state index contributed by atoms with van der Waals surface area (Å²) in [5, 5.41) is 11.7. The van der Waals surface area contributed by atoms with E-state index in [4.69, 9.17) is 21.1 Å². The molecule has 0 saturated heterocycles. The molecule has 0 unspecified atom stereocenters. The molecule has 0 fully saturated rings. The average Bonchev–Trinajstić information content (AvgIpc) is 3.36. The monoisotopic (exact) mass is 474 g/mol. The van der Waals surface area contributed by atoms with E-state index < -0.39 is 5.91 Å². The zero-order valence-corrected chi connectivity index (χ0v) is 19.3. The van der Waals surface area contributed by atoms with Gasteiger partial charge in [-0.1, -0.05) is 35.9 Å². The molecule has 0 aliphatic heterocycles. The van der Waals surface area contributed by atoms with E-state index in [-0.39, 0.29) is 0 Å². The summed E-state index contributed by atoms with van der Waals surface area (Å²) >= 11 is 5.91. The van der Waals surface area contributed by atoms with Gasteiger partial charge in [0.05, 0.1) is 18.5 Å². The first-order chi connectivity index (χ1) is 16.6. The molecule has 2 N–H and O–H groups in total. The molecule has 1 heterocycles. The summed E-state index contributed by atoms with van der Waals surface area (Å²) in [4.78, 5) is 12.4. The Morgan fingerprint density at radius 3 is 2.59 bits per heavy atom. The summed E-state index contributed by atoms with van der Waals surface area (Å²) in [5.74, 6) is 1.04. The fraction of sp³-hybridized carbons (Fsp3) is 0.115. The number of aromatic nitrogens is 2. The van der Waals surface area contributed by atoms with E-state index in [0.717, 1.165) is 22.4 Å². The topological polar surface area (TPSA) is 88.6 Å². The number of hydrogen-bond acceptors (Lipinski definition) is 5. The molecule has 0 atom stereocenters. The first-order valence-corrected chi connectivity index (χ1v) is 11.1. The van der Waals surface area contributed by atoms with E-state index in [1.54, 1.807) is 12.3 Å². The van der Waals surface area contributed by atoms with Gasteiger partial charge in [0, 0.05) is 16.1 Å². The molecule has 4 aromatic rings. The molecule has 8 heteroatoms. The number of H-pyrrole nitrogens is 1. The maximum Gasteiger partial charge on any atom is 0.289 e. The van der Waals surface area contributed by atoms with Crippen LogP contribution in [0.5, 0.6) is 11.5 Å². The van der Waals surface area contributed by atoms with Gasteiger partial charge in [0.15, 0.2) is 0 Å². The Hall–Kier alpha value is -4.10. The van der Waals surface area contributed by atoms with Crippen molar-refractivity contribution in [3.8, 4) is 22.8 Å². The van der Waals surface area contributed by atoms with E-state index in [2.05, 4.69) is 20.7 Å². The second-order valence-electron chi connectivity index (χ2n) is 7.28. The molecule has 7 nitrogen and oxygen atoms in total. The molecule has 0 spiro atoms. The van der Waals surface area contributed by atoms with Gasteiger partial charge in [-0.2, -0.15) is 10.2 Å². The number of halogens is 1. The fourth-order valence-electron chi connectivity index (χ4n) is 3.15. The van der Waals surface area contributed by atoms with Crippen molar-refractivity contribution < 1.29 is 14.3 Å². The van der Waals surface area contributed by atoms with Crippen LogP contribution in [0, 0.1) is 0 Å². The van der Waals surface area contributed by atoms with E-state index in [1.165, 1.54) is 0 Å². The maximum absolute atomic E-state index is 12.4. The van der Waals surface area contributed by atoms with Crippen molar-refractivity contribution in [2.45, 2.75) is 13.5 Å². The summed E-state index contributed by atoms with van der Waals surface area (Å²) < 4.78 is 11.4. The van der Waals surface area contributed by atoms with Crippen LogP contribution in [-0.4, -0.2) is 28.9 Å². The highest BCUT2D eigenvalue weighted by molar-refractivity contribution is 6.30. The number of amides is 1. The van der Waals surface area contributed by atoms with Crippen LogP contribution < -0.4 is 14.9 Å². The Morgan fingerprint density at radius 2 is 1.82 bits per heavy atom. The third kappa shape index (κ3) is 6.02. The lowest BCUT2D eigenvalue weighted by molar-refractivity contribution is 0.0950. The minimum Gasteiger partial charge on any atom is -0.493 e. The lowest BCUT2D eigenvalue weighted by Crippen LogP contribution is -2.18. The van der Waals surface area contributed by atoms with Gasteiger partial charge in [0.25, 0.3) is 5.91 Å². The van der Waals surface area contributed by atoms with Crippen LogP contribution in [0.3, 0.4) is 0 Å². The molecule has 0 radical (unpaired) electrons. The predicted molar refractivity (Wildman–Crippen MR) is 132 cm³/mol. The van der Waals surface area contributed by atoms with E-state index in [1.807, 2.05) is 79.7 Å². The number of ether oxygens (including phenoxy) is 2. The van der Waals surface area contributed by atoms with Crippen LogP contribution in [0.2, 0.25) is 5.02 Å². The van der Waals surface area contributed by atoms with Crippen molar-refractivity contribution in [1.82, 2.24) is 15.6 Å². The molecular formula is C26H23ClN4O3. The second-order valence-corrected chi connectivity index (χ2v) is 7.71. The minimum absolute atomic E-state index is 0.299. The number of hydrogen-bond donors (Lipinski definition) is 2. The molecule has 172 valence electrons. The van der Waals surface area contributed by atoms with Gasteiger partial charge in [-0.15, -0.1) is 0 Å². The van der Waals surface area contributed by atoms with Gasteiger partial charge >= 0.3 is 0 Å². The number of hydrazone groups is 1. The third-order valence-corrected chi connectivity index (χ3v) is 5.13. The number of benzene rings is 3.